The van der Waals surface area contributed by atoms with Crippen molar-refractivity contribution in [3.8, 4) is 11.5 Å². The van der Waals surface area contributed by atoms with Gasteiger partial charge in [-0.15, -0.1) is 24.0 Å². The first kappa shape index (κ1) is 22.8. The quantitative estimate of drug-likeness (QED) is 0.375. The van der Waals surface area contributed by atoms with Crippen molar-refractivity contribution in [2.45, 2.75) is 13.0 Å². The molecular formula is C21H27IN4O3. The zero-order chi connectivity index (χ0) is 19.9. The highest BCUT2D eigenvalue weighted by Crippen LogP contribution is 2.32. The maximum absolute atomic E-state index is 12.0. The van der Waals surface area contributed by atoms with Crippen molar-refractivity contribution in [1.82, 2.24) is 10.2 Å². The first-order valence-corrected chi connectivity index (χ1v) is 9.25. The van der Waals surface area contributed by atoms with Gasteiger partial charge in [-0.25, -0.2) is 0 Å². The van der Waals surface area contributed by atoms with E-state index in [1.54, 1.807) is 26.0 Å². The normalized spacial score (nSPS) is 13.0. The molecule has 0 saturated carbocycles. The van der Waals surface area contributed by atoms with Gasteiger partial charge in [0.05, 0.1) is 13.2 Å². The summed E-state index contributed by atoms with van der Waals surface area (Å²) in [5, 5.41) is 6.53. The number of carbonyl (C=O) groups excluding carboxylic acids is 1. The number of hydrogen-bond acceptors (Lipinski definition) is 4. The number of hydrogen-bond donors (Lipinski definition) is 2. The highest BCUT2D eigenvalue weighted by atomic mass is 127. The molecule has 1 amide bonds. The van der Waals surface area contributed by atoms with Gasteiger partial charge in [-0.1, -0.05) is 12.1 Å². The second kappa shape index (κ2) is 10.9. The molecule has 2 aromatic rings. The number of guanidine groups is 1. The second-order valence-corrected chi connectivity index (χ2v) is 6.66. The van der Waals surface area contributed by atoms with Crippen LogP contribution in [0.2, 0.25) is 0 Å². The summed E-state index contributed by atoms with van der Waals surface area (Å²) in [7, 11) is 5.21. The van der Waals surface area contributed by atoms with Crippen molar-refractivity contribution in [2.75, 3.05) is 39.7 Å². The first-order valence-electron chi connectivity index (χ1n) is 9.25. The summed E-state index contributed by atoms with van der Waals surface area (Å²) in [6.07, 6.45) is 0.875. The summed E-state index contributed by atoms with van der Waals surface area (Å²) in [6.45, 7) is 1.90. The van der Waals surface area contributed by atoms with E-state index in [0.29, 0.717) is 31.3 Å². The Balaban J connectivity index is 0.00000300. The minimum atomic E-state index is -0.00797. The molecule has 0 aliphatic carbocycles. The lowest BCUT2D eigenvalue weighted by molar-refractivity contribution is 0.0827. The molecule has 0 aromatic heterocycles. The van der Waals surface area contributed by atoms with E-state index in [1.807, 2.05) is 42.5 Å². The number of ether oxygens (including phenoxy) is 2. The number of aliphatic imine (C=N–C) groups is 1. The molecule has 0 unspecified atom stereocenters. The van der Waals surface area contributed by atoms with Gasteiger partial charge in [-0.05, 0) is 29.8 Å². The molecule has 2 N–H and O–H groups in total. The van der Waals surface area contributed by atoms with Gasteiger partial charge in [-0.2, -0.15) is 0 Å². The SMILES string of the molecule is CN=C(NCc1ccc(C(=O)N(C)C)cc1)Nc1ccc2c(c1)OCCCO2.I. The first-order chi connectivity index (χ1) is 13.6. The fraction of sp³-hybridized carbons (Fsp3) is 0.333. The molecule has 3 rings (SSSR count). The fourth-order valence-electron chi connectivity index (χ4n) is 2.77. The van der Waals surface area contributed by atoms with Gasteiger partial charge in [0, 0.05) is 51.4 Å². The van der Waals surface area contributed by atoms with E-state index in [1.165, 1.54) is 0 Å². The number of benzene rings is 2. The van der Waals surface area contributed by atoms with Crippen molar-refractivity contribution in [1.29, 1.82) is 0 Å². The molecule has 29 heavy (non-hydrogen) atoms. The number of fused-ring (bicyclic) bond motifs is 1. The number of rotatable bonds is 4. The Morgan fingerprint density at radius 2 is 1.76 bits per heavy atom. The number of halogens is 1. The van der Waals surface area contributed by atoms with Crippen molar-refractivity contribution in [3.63, 3.8) is 0 Å². The maximum atomic E-state index is 12.0. The van der Waals surface area contributed by atoms with Crippen LogP contribution in [0.3, 0.4) is 0 Å². The Morgan fingerprint density at radius 3 is 2.41 bits per heavy atom. The van der Waals surface area contributed by atoms with Crippen molar-refractivity contribution >= 4 is 41.5 Å². The molecule has 0 bridgehead atoms. The van der Waals surface area contributed by atoms with Gasteiger partial charge in [0.15, 0.2) is 17.5 Å². The highest BCUT2D eigenvalue weighted by molar-refractivity contribution is 14.0. The molecule has 0 saturated heterocycles. The predicted molar refractivity (Wildman–Crippen MR) is 126 cm³/mol. The number of amides is 1. The Labute approximate surface area is 188 Å². The van der Waals surface area contributed by atoms with E-state index in [4.69, 9.17) is 9.47 Å². The van der Waals surface area contributed by atoms with Gasteiger partial charge in [0.2, 0.25) is 0 Å². The summed E-state index contributed by atoms with van der Waals surface area (Å²) in [5.74, 6) is 2.13. The maximum Gasteiger partial charge on any atom is 0.253 e. The summed E-state index contributed by atoms with van der Waals surface area (Å²) in [5.41, 5.74) is 2.59. The zero-order valence-corrected chi connectivity index (χ0v) is 19.2. The Hall–Kier alpha value is -2.49. The third-order valence-corrected chi connectivity index (χ3v) is 4.30. The van der Waals surface area contributed by atoms with E-state index in [9.17, 15) is 4.79 Å². The molecule has 8 heteroatoms. The molecule has 1 aliphatic rings. The second-order valence-electron chi connectivity index (χ2n) is 6.66. The van der Waals surface area contributed by atoms with Crippen molar-refractivity contribution < 1.29 is 14.3 Å². The van der Waals surface area contributed by atoms with Crippen LogP contribution < -0.4 is 20.1 Å². The molecule has 1 aliphatic heterocycles. The van der Waals surface area contributed by atoms with Gasteiger partial charge in [0.25, 0.3) is 5.91 Å². The topological polar surface area (TPSA) is 75.2 Å². The average Bonchev–Trinajstić information content (AvgIpc) is 2.95. The largest absolute Gasteiger partial charge is 0.490 e. The molecule has 0 atom stereocenters. The third-order valence-electron chi connectivity index (χ3n) is 4.30. The number of nitrogens with one attached hydrogen (secondary N) is 2. The van der Waals surface area contributed by atoms with E-state index >= 15 is 0 Å². The van der Waals surface area contributed by atoms with Crippen LogP contribution in [0.4, 0.5) is 5.69 Å². The van der Waals surface area contributed by atoms with E-state index < -0.39 is 0 Å². The number of nitrogens with zero attached hydrogens (tertiary/aromatic N) is 2. The van der Waals surface area contributed by atoms with Gasteiger partial charge in [-0.3, -0.25) is 9.79 Å². The third kappa shape index (κ3) is 6.25. The molecule has 7 nitrogen and oxygen atoms in total. The van der Waals surface area contributed by atoms with Crippen LogP contribution in [0.15, 0.2) is 47.5 Å². The summed E-state index contributed by atoms with van der Waals surface area (Å²) < 4.78 is 11.4. The van der Waals surface area contributed by atoms with Crippen LogP contribution in [0, 0.1) is 0 Å². The van der Waals surface area contributed by atoms with Crippen molar-refractivity contribution in [3.05, 3.63) is 53.6 Å². The van der Waals surface area contributed by atoms with E-state index in [0.717, 1.165) is 29.2 Å². The Bertz CT molecular complexity index is 854. The van der Waals surface area contributed by atoms with Crippen LogP contribution in [0.25, 0.3) is 0 Å². The molecule has 0 radical (unpaired) electrons. The number of carbonyl (C=O) groups is 1. The summed E-state index contributed by atoms with van der Waals surface area (Å²) in [6, 6.07) is 13.3. The fourth-order valence-corrected chi connectivity index (χ4v) is 2.77. The van der Waals surface area contributed by atoms with Crippen LogP contribution in [0.1, 0.15) is 22.3 Å². The Morgan fingerprint density at radius 1 is 1.07 bits per heavy atom. The predicted octanol–water partition coefficient (Wildman–Crippen LogP) is 3.36. The van der Waals surface area contributed by atoms with Crippen LogP contribution in [-0.2, 0) is 6.54 Å². The molecule has 2 aromatic carbocycles. The number of anilines is 1. The van der Waals surface area contributed by atoms with Crippen LogP contribution >= 0.6 is 24.0 Å². The van der Waals surface area contributed by atoms with E-state index in [2.05, 4.69) is 15.6 Å². The lowest BCUT2D eigenvalue weighted by Gasteiger charge is -2.14. The van der Waals surface area contributed by atoms with Gasteiger partial charge in [0.1, 0.15) is 0 Å². The molecule has 1 heterocycles. The smallest absolute Gasteiger partial charge is 0.253 e. The van der Waals surface area contributed by atoms with Crippen LogP contribution in [-0.4, -0.2) is 51.1 Å². The zero-order valence-electron chi connectivity index (χ0n) is 16.9. The monoisotopic (exact) mass is 510 g/mol. The van der Waals surface area contributed by atoms with Gasteiger partial charge < -0.3 is 25.0 Å². The van der Waals surface area contributed by atoms with E-state index in [-0.39, 0.29) is 29.9 Å². The van der Waals surface area contributed by atoms with Crippen LogP contribution in [0.5, 0.6) is 11.5 Å². The lowest BCUT2D eigenvalue weighted by atomic mass is 10.1. The molecule has 0 fully saturated rings. The highest BCUT2D eigenvalue weighted by Gasteiger charge is 2.11. The minimum Gasteiger partial charge on any atom is -0.490 e. The summed E-state index contributed by atoms with van der Waals surface area (Å²) >= 11 is 0. The molecular weight excluding hydrogens is 483 g/mol. The molecule has 156 valence electrons. The van der Waals surface area contributed by atoms with Gasteiger partial charge >= 0.3 is 0 Å². The standard InChI is InChI=1S/C21H26N4O3.HI/c1-22-21(23-14-15-5-7-16(8-6-15)20(26)25(2)3)24-17-9-10-18-19(13-17)28-12-4-11-27-18;/h5-10,13H,4,11-12,14H2,1-3H3,(H2,22,23,24);1H. The minimum absolute atomic E-state index is 0. The van der Waals surface area contributed by atoms with Crippen molar-refractivity contribution in [2.24, 2.45) is 4.99 Å². The molecule has 0 spiro atoms. The lowest BCUT2D eigenvalue weighted by Crippen LogP contribution is -2.30. The Kier molecular flexibility index (Phi) is 8.56. The summed E-state index contributed by atoms with van der Waals surface area (Å²) in [4.78, 5) is 17.8. The average molecular weight is 510 g/mol.